The van der Waals surface area contributed by atoms with Crippen molar-refractivity contribution in [1.82, 2.24) is 0 Å². The highest BCUT2D eigenvalue weighted by molar-refractivity contribution is 5.86. The van der Waals surface area contributed by atoms with Crippen LogP contribution in [0.15, 0.2) is 27.4 Å². The van der Waals surface area contributed by atoms with Crippen molar-refractivity contribution in [2.24, 2.45) is 0 Å². The van der Waals surface area contributed by atoms with Gasteiger partial charge in [-0.2, -0.15) is 0 Å². The molecule has 2 aromatic rings. The van der Waals surface area contributed by atoms with Crippen LogP contribution in [0.2, 0.25) is 0 Å². The third-order valence-corrected chi connectivity index (χ3v) is 2.11. The molecular weight excluding hydrogens is 200 g/mol. The summed E-state index contributed by atoms with van der Waals surface area (Å²) in [6, 6.07) is 4.08. The van der Waals surface area contributed by atoms with Crippen molar-refractivity contribution in [1.29, 1.82) is 0 Å². The monoisotopic (exact) mass is 208 g/mol. The van der Waals surface area contributed by atoms with Crippen LogP contribution in [-0.4, -0.2) is 15.3 Å². The highest BCUT2D eigenvalue weighted by Gasteiger charge is 2.13. The first-order valence-electron chi connectivity index (χ1n) is 4.22. The molecule has 5 nitrogen and oxygen atoms in total. The lowest BCUT2D eigenvalue weighted by atomic mass is 10.1. The lowest BCUT2D eigenvalue weighted by molar-refractivity contribution is 0.273. The van der Waals surface area contributed by atoms with Crippen molar-refractivity contribution in [3.63, 3.8) is 0 Å². The summed E-state index contributed by atoms with van der Waals surface area (Å²) >= 11 is 0. The van der Waals surface area contributed by atoms with Gasteiger partial charge in [-0.1, -0.05) is 0 Å². The van der Waals surface area contributed by atoms with E-state index in [9.17, 15) is 15.0 Å². The Morgan fingerprint density at radius 2 is 1.93 bits per heavy atom. The Balaban J connectivity index is 2.90. The second-order valence-corrected chi connectivity index (χ2v) is 3.06. The van der Waals surface area contributed by atoms with E-state index in [-0.39, 0.29) is 11.1 Å². The van der Waals surface area contributed by atoms with E-state index in [1.54, 1.807) is 0 Å². The first-order valence-corrected chi connectivity index (χ1v) is 4.22. The van der Waals surface area contributed by atoms with E-state index in [0.29, 0.717) is 5.39 Å². The number of aromatic hydroxyl groups is 2. The number of aliphatic hydroxyl groups is 1. The standard InChI is InChI=1S/C10H8O5/c11-4-6-3-5-1-2-7(12)15-10(5)9(14)8(6)13/h1-3,11,13-14H,4H2. The molecule has 0 aliphatic heterocycles. The topological polar surface area (TPSA) is 90.9 Å². The molecule has 3 N–H and O–H groups in total. The van der Waals surface area contributed by atoms with E-state index >= 15 is 0 Å². The van der Waals surface area contributed by atoms with Crippen LogP contribution in [0.4, 0.5) is 0 Å². The Morgan fingerprint density at radius 3 is 2.60 bits per heavy atom. The smallest absolute Gasteiger partial charge is 0.336 e. The normalized spacial score (nSPS) is 10.7. The average molecular weight is 208 g/mol. The van der Waals surface area contributed by atoms with Gasteiger partial charge in [0.05, 0.1) is 6.61 Å². The number of benzene rings is 1. The van der Waals surface area contributed by atoms with E-state index in [4.69, 9.17) is 9.52 Å². The molecule has 0 aliphatic rings. The predicted octanol–water partition coefficient (Wildman–Crippen LogP) is 0.696. The second-order valence-electron chi connectivity index (χ2n) is 3.06. The summed E-state index contributed by atoms with van der Waals surface area (Å²) in [4.78, 5) is 10.9. The molecule has 1 aromatic heterocycles. The molecule has 0 radical (unpaired) electrons. The summed E-state index contributed by atoms with van der Waals surface area (Å²) in [7, 11) is 0. The van der Waals surface area contributed by atoms with Gasteiger partial charge in [0.2, 0.25) is 5.75 Å². The molecule has 0 bridgehead atoms. The van der Waals surface area contributed by atoms with Gasteiger partial charge in [-0.3, -0.25) is 0 Å². The summed E-state index contributed by atoms with van der Waals surface area (Å²) in [5, 5.41) is 28.2. The molecule has 15 heavy (non-hydrogen) atoms. The number of phenols is 2. The number of hydrogen-bond acceptors (Lipinski definition) is 5. The number of fused-ring (bicyclic) bond motifs is 1. The molecule has 0 saturated carbocycles. The van der Waals surface area contributed by atoms with E-state index in [0.717, 1.165) is 0 Å². The van der Waals surface area contributed by atoms with Gasteiger partial charge in [0.1, 0.15) is 0 Å². The molecule has 78 valence electrons. The number of aliphatic hydroxyl groups excluding tert-OH is 1. The third kappa shape index (κ3) is 1.42. The van der Waals surface area contributed by atoms with E-state index in [1.807, 2.05) is 0 Å². The zero-order valence-corrected chi connectivity index (χ0v) is 7.60. The van der Waals surface area contributed by atoms with Gasteiger partial charge in [-0.25, -0.2) is 4.79 Å². The van der Waals surface area contributed by atoms with Crippen molar-refractivity contribution < 1.29 is 19.7 Å². The first-order chi connectivity index (χ1) is 7.13. The van der Waals surface area contributed by atoms with Gasteiger partial charge in [-0.15, -0.1) is 0 Å². The van der Waals surface area contributed by atoms with E-state index in [2.05, 4.69) is 0 Å². The molecule has 0 spiro atoms. The van der Waals surface area contributed by atoms with Gasteiger partial charge in [0.25, 0.3) is 0 Å². The van der Waals surface area contributed by atoms with Gasteiger partial charge in [0, 0.05) is 17.0 Å². The molecule has 0 aliphatic carbocycles. The molecule has 5 heteroatoms. The van der Waals surface area contributed by atoms with Gasteiger partial charge in [0.15, 0.2) is 11.3 Å². The highest BCUT2D eigenvalue weighted by Crippen LogP contribution is 2.36. The Bertz CT molecular complexity index is 570. The lowest BCUT2D eigenvalue weighted by Crippen LogP contribution is -1.95. The van der Waals surface area contributed by atoms with Crippen molar-refractivity contribution in [3.05, 3.63) is 34.2 Å². The fourth-order valence-electron chi connectivity index (χ4n) is 1.36. The Hall–Kier alpha value is -2.01. The molecular formula is C10H8O5. The number of rotatable bonds is 1. The van der Waals surface area contributed by atoms with Crippen LogP contribution < -0.4 is 5.63 Å². The number of phenolic OH excluding ortho intramolecular Hbond substituents is 1. The maximum absolute atomic E-state index is 10.9. The van der Waals surface area contributed by atoms with Crippen LogP contribution in [0.1, 0.15) is 5.56 Å². The van der Waals surface area contributed by atoms with Crippen LogP contribution in [0, 0.1) is 0 Å². The predicted molar refractivity (Wildman–Crippen MR) is 51.7 cm³/mol. The second kappa shape index (κ2) is 3.29. The van der Waals surface area contributed by atoms with Gasteiger partial charge < -0.3 is 19.7 Å². The first kappa shape index (κ1) is 9.54. The van der Waals surface area contributed by atoms with Gasteiger partial charge in [-0.05, 0) is 12.1 Å². The van der Waals surface area contributed by atoms with Crippen LogP contribution in [0.25, 0.3) is 11.0 Å². The SMILES string of the molecule is O=c1ccc2cc(CO)c(O)c(O)c2o1. The average Bonchev–Trinajstić information content (AvgIpc) is 2.24. The Morgan fingerprint density at radius 1 is 1.20 bits per heavy atom. The number of hydrogen-bond donors (Lipinski definition) is 3. The molecule has 1 aromatic carbocycles. The summed E-state index contributed by atoms with van der Waals surface area (Å²) in [6.07, 6.45) is 0. The van der Waals surface area contributed by atoms with Crippen molar-refractivity contribution in [2.75, 3.05) is 0 Å². The van der Waals surface area contributed by atoms with Crippen LogP contribution in [0.5, 0.6) is 11.5 Å². The fraction of sp³-hybridized carbons (Fsp3) is 0.100. The Kier molecular flexibility index (Phi) is 2.09. The van der Waals surface area contributed by atoms with Gasteiger partial charge >= 0.3 is 5.63 Å². The van der Waals surface area contributed by atoms with Crippen LogP contribution in [-0.2, 0) is 6.61 Å². The molecule has 0 fully saturated rings. The largest absolute Gasteiger partial charge is 0.504 e. The molecule has 0 unspecified atom stereocenters. The molecule has 0 atom stereocenters. The molecule has 2 rings (SSSR count). The van der Waals surface area contributed by atoms with Crippen LogP contribution >= 0.6 is 0 Å². The van der Waals surface area contributed by atoms with Crippen LogP contribution in [0.3, 0.4) is 0 Å². The van der Waals surface area contributed by atoms with E-state index in [1.165, 1.54) is 18.2 Å². The maximum atomic E-state index is 10.9. The molecule has 0 amide bonds. The quantitative estimate of drug-likeness (QED) is 0.474. The minimum atomic E-state index is -0.617. The Labute approximate surface area is 83.8 Å². The maximum Gasteiger partial charge on any atom is 0.336 e. The minimum Gasteiger partial charge on any atom is -0.504 e. The van der Waals surface area contributed by atoms with Crippen molar-refractivity contribution in [2.45, 2.75) is 6.61 Å². The molecule has 1 heterocycles. The minimum absolute atomic E-state index is 0.0859. The summed E-state index contributed by atoms with van der Waals surface area (Å²) < 4.78 is 4.73. The van der Waals surface area contributed by atoms with Crippen molar-refractivity contribution >= 4 is 11.0 Å². The summed E-state index contributed by atoms with van der Waals surface area (Å²) in [5.41, 5.74) is -0.528. The van der Waals surface area contributed by atoms with Crippen molar-refractivity contribution in [3.8, 4) is 11.5 Å². The highest BCUT2D eigenvalue weighted by atomic mass is 16.4. The fourth-order valence-corrected chi connectivity index (χ4v) is 1.36. The summed E-state index contributed by atoms with van der Waals surface area (Å²) in [5.74, 6) is -1.01. The lowest BCUT2D eigenvalue weighted by Gasteiger charge is -2.05. The third-order valence-electron chi connectivity index (χ3n) is 2.11. The molecule has 0 saturated heterocycles. The summed E-state index contributed by atoms with van der Waals surface area (Å²) in [6.45, 7) is -0.408. The zero-order valence-electron chi connectivity index (χ0n) is 7.60. The zero-order chi connectivity index (χ0) is 11.0. The van der Waals surface area contributed by atoms with E-state index < -0.39 is 23.7 Å².